The van der Waals surface area contributed by atoms with Crippen molar-refractivity contribution in [1.82, 2.24) is 4.90 Å². The molecule has 4 rings (SSSR count). The van der Waals surface area contributed by atoms with Gasteiger partial charge in [-0.05, 0) is 41.1 Å². The van der Waals surface area contributed by atoms with Crippen LogP contribution >= 0.6 is 11.8 Å². The summed E-state index contributed by atoms with van der Waals surface area (Å²) in [6, 6.07) is 13.7. The van der Waals surface area contributed by atoms with Gasteiger partial charge in [0.05, 0.1) is 17.6 Å². The van der Waals surface area contributed by atoms with Crippen molar-refractivity contribution in [2.45, 2.75) is 10.8 Å². The third kappa shape index (κ3) is 3.44. The minimum Gasteiger partial charge on any atom is -0.478 e. The van der Waals surface area contributed by atoms with Gasteiger partial charge in [0.15, 0.2) is 0 Å². The smallest absolute Gasteiger partial charge is 0.335 e. The Bertz CT molecular complexity index is 1080. The quantitative estimate of drug-likeness (QED) is 0.746. The number of rotatable bonds is 4. The van der Waals surface area contributed by atoms with Gasteiger partial charge in [-0.1, -0.05) is 24.3 Å². The molecule has 0 fully saturated rings. The third-order valence-corrected chi connectivity index (χ3v) is 6.40. The van der Waals surface area contributed by atoms with Crippen molar-refractivity contribution in [2.24, 2.45) is 0 Å². The molecule has 1 aliphatic carbocycles. The average Bonchev–Trinajstić information content (AvgIpc) is 2.70. The van der Waals surface area contributed by atoms with Gasteiger partial charge in [0.2, 0.25) is 0 Å². The van der Waals surface area contributed by atoms with Crippen LogP contribution in [0.2, 0.25) is 0 Å². The largest absolute Gasteiger partial charge is 0.478 e. The summed E-state index contributed by atoms with van der Waals surface area (Å²) in [4.78, 5) is 18.4. The van der Waals surface area contributed by atoms with Crippen molar-refractivity contribution in [3.8, 4) is 0 Å². The van der Waals surface area contributed by atoms with E-state index in [-0.39, 0.29) is 5.92 Å². The van der Waals surface area contributed by atoms with E-state index in [4.69, 9.17) is 0 Å². The van der Waals surface area contributed by atoms with Crippen LogP contribution in [0.3, 0.4) is 0 Å². The van der Waals surface area contributed by atoms with Crippen molar-refractivity contribution in [3.63, 3.8) is 0 Å². The summed E-state index contributed by atoms with van der Waals surface area (Å²) in [6.07, 6.45) is 7.61. The van der Waals surface area contributed by atoms with E-state index in [0.29, 0.717) is 5.56 Å². The van der Waals surface area contributed by atoms with Gasteiger partial charge in [-0.2, -0.15) is 0 Å². The number of fused-ring (bicyclic) bond motifs is 1. The summed E-state index contributed by atoms with van der Waals surface area (Å²) in [5.41, 5.74) is 5.49. The molecule has 5 heteroatoms. The van der Waals surface area contributed by atoms with Crippen LogP contribution in [0, 0.1) is 6.08 Å². The average molecular weight is 404 g/mol. The molecule has 2 aliphatic rings. The molecule has 0 saturated carbocycles. The lowest BCUT2D eigenvalue weighted by Crippen LogP contribution is -2.18. The molecule has 0 amide bonds. The monoisotopic (exact) mass is 403 g/mol. The molecule has 2 aromatic carbocycles. The molecule has 0 radical (unpaired) electrons. The summed E-state index contributed by atoms with van der Waals surface area (Å²) >= 11 is 1.73. The predicted octanol–water partition coefficient (Wildman–Crippen LogP) is 4.76. The van der Waals surface area contributed by atoms with Crippen molar-refractivity contribution in [1.29, 1.82) is 0 Å². The second-order valence-electron chi connectivity index (χ2n) is 7.57. The molecule has 1 aliphatic heterocycles. The first kappa shape index (κ1) is 19.3. The fourth-order valence-electron chi connectivity index (χ4n) is 3.71. The van der Waals surface area contributed by atoms with Gasteiger partial charge in [-0.25, -0.2) is 4.79 Å². The molecule has 0 saturated heterocycles. The number of carboxylic acids is 1. The minimum atomic E-state index is -0.906. The molecule has 0 spiro atoms. The lowest BCUT2D eigenvalue weighted by molar-refractivity contribution is 0.0695. The van der Waals surface area contributed by atoms with Crippen molar-refractivity contribution in [3.05, 3.63) is 93.6 Å². The van der Waals surface area contributed by atoms with Crippen LogP contribution in [-0.4, -0.2) is 44.2 Å². The number of anilines is 1. The summed E-state index contributed by atoms with van der Waals surface area (Å²) in [5.74, 6) is -1.07. The molecule has 1 unspecified atom stereocenters. The van der Waals surface area contributed by atoms with Crippen LogP contribution < -0.4 is 4.90 Å². The predicted molar refractivity (Wildman–Crippen MR) is 118 cm³/mol. The van der Waals surface area contributed by atoms with Crippen molar-refractivity contribution >= 4 is 23.4 Å². The van der Waals surface area contributed by atoms with Crippen LogP contribution in [0.15, 0.2) is 75.7 Å². The summed E-state index contributed by atoms with van der Waals surface area (Å²) in [5, 5.41) is 9.80. The fourth-order valence-corrected chi connectivity index (χ4v) is 4.90. The van der Waals surface area contributed by atoms with Gasteiger partial charge in [-0.15, -0.1) is 0 Å². The highest BCUT2D eigenvalue weighted by molar-refractivity contribution is 8.03. The Labute approximate surface area is 175 Å². The van der Waals surface area contributed by atoms with E-state index >= 15 is 0 Å². The number of benzene rings is 2. The van der Waals surface area contributed by atoms with Crippen molar-refractivity contribution < 1.29 is 9.90 Å². The van der Waals surface area contributed by atoms with Gasteiger partial charge in [-0.3, -0.25) is 0 Å². The van der Waals surface area contributed by atoms with E-state index in [1.807, 2.05) is 46.4 Å². The molecule has 1 atom stereocenters. The maximum atomic E-state index is 11.9. The first-order valence-corrected chi connectivity index (χ1v) is 10.2. The molecule has 0 aromatic heterocycles. The van der Waals surface area contributed by atoms with Gasteiger partial charge >= 0.3 is 5.97 Å². The fraction of sp³-hybridized carbons (Fsp3) is 0.208. The lowest BCUT2D eigenvalue weighted by Gasteiger charge is -2.27. The molecule has 1 heterocycles. The Kier molecular flexibility index (Phi) is 4.95. The molecule has 0 bridgehead atoms. The highest BCUT2D eigenvalue weighted by Crippen LogP contribution is 2.51. The zero-order valence-electron chi connectivity index (χ0n) is 16.9. The summed E-state index contributed by atoms with van der Waals surface area (Å²) in [7, 11) is 8.08. The number of carboxylic acid groups (broad SMARTS) is 1. The minimum absolute atomic E-state index is 0.166. The van der Waals surface area contributed by atoms with E-state index in [0.717, 1.165) is 37.9 Å². The second-order valence-corrected chi connectivity index (χ2v) is 8.66. The van der Waals surface area contributed by atoms with Crippen LogP contribution in [0.4, 0.5) is 5.69 Å². The molecule has 4 nitrogen and oxygen atoms in total. The number of allylic oxidation sites excluding steroid dienone is 4. The Morgan fingerprint density at radius 1 is 1.03 bits per heavy atom. The van der Waals surface area contributed by atoms with Gasteiger partial charge in [0.1, 0.15) is 22.3 Å². The second kappa shape index (κ2) is 7.43. The number of hydrogen-bond donors (Lipinski definition) is 1. The third-order valence-electron chi connectivity index (χ3n) is 5.27. The van der Waals surface area contributed by atoms with E-state index in [1.54, 1.807) is 23.9 Å². The zero-order chi connectivity index (χ0) is 20.7. The Morgan fingerprint density at radius 2 is 1.79 bits per heavy atom. The highest BCUT2D eigenvalue weighted by atomic mass is 32.2. The van der Waals surface area contributed by atoms with E-state index < -0.39 is 5.97 Å². The SMILES string of the molecule is CN(C)C1=CC2=C([C+]=C1)C(c1ccccc1C(=O)O)c1ccc(N(C)C)cc1S2. The van der Waals surface area contributed by atoms with Gasteiger partial charge in [0, 0.05) is 44.8 Å². The highest BCUT2D eigenvalue weighted by Gasteiger charge is 2.38. The van der Waals surface area contributed by atoms with Crippen LogP contribution in [0.5, 0.6) is 0 Å². The maximum Gasteiger partial charge on any atom is 0.335 e. The maximum absolute atomic E-state index is 11.9. The Balaban J connectivity index is 1.95. The Hall–Kier alpha value is -3.01. The Morgan fingerprint density at radius 3 is 2.48 bits per heavy atom. The number of thioether (sulfide) groups is 1. The standard InChI is InChI=1S/C24H22N2O2S/c1-25(2)15-9-11-19-21(13-15)29-22-14-16(26(3)4)10-12-20(22)23(19)17-7-5-6-8-18(17)24(27)28/h5-11,13-14,23H,1-4H3/p+1. The molecule has 146 valence electrons. The van der Waals surface area contributed by atoms with Crippen LogP contribution in [0.1, 0.15) is 27.4 Å². The molecule has 2 aromatic rings. The number of likely N-dealkylation sites (N-methyl/N-ethyl adjacent to an activating group) is 1. The lowest BCUT2D eigenvalue weighted by atomic mass is 9.80. The van der Waals surface area contributed by atoms with E-state index in [1.165, 1.54) is 0 Å². The number of carbonyl (C=O) groups is 1. The topological polar surface area (TPSA) is 43.8 Å². The van der Waals surface area contributed by atoms with Gasteiger partial charge in [0.25, 0.3) is 0 Å². The first-order valence-electron chi connectivity index (χ1n) is 9.41. The number of aromatic carboxylic acids is 1. The molecular formula is C24H23N2O2S+. The molecular weight excluding hydrogens is 380 g/mol. The van der Waals surface area contributed by atoms with Crippen LogP contribution in [0.25, 0.3) is 0 Å². The van der Waals surface area contributed by atoms with E-state index in [9.17, 15) is 9.90 Å². The molecule has 1 N–H and O–H groups in total. The first-order chi connectivity index (χ1) is 13.9. The van der Waals surface area contributed by atoms with Gasteiger partial charge < -0.3 is 14.9 Å². The van der Waals surface area contributed by atoms with Crippen molar-refractivity contribution in [2.75, 3.05) is 33.1 Å². The van der Waals surface area contributed by atoms with Crippen LogP contribution in [-0.2, 0) is 0 Å². The number of hydrogen-bond acceptors (Lipinski definition) is 4. The molecule has 29 heavy (non-hydrogen) atoms. The summed E-state index contributed by atoms with van der Waals surface area (Å²) in [6.45, 7) is 0. The zero-order valence-corrected chi connectivity index (χ0v) is 17.7. The number of nitrogens with zero attached hydrogens (tertiary/aromatic N) is 2. The normalized spacial score (nSPS) is 17.1. The van der Waals surface area contributed by atoms with E-state index in [2.05, 4.69) is 40.2 Å². The summed E-state index contributed by atoms with van der Waals surface area (Å²) < 4.78 is 0.